The predicted molar refractivity (Wildman–Crippen MR) is 216 cm³/mol. The van der Waals surface area contributed by atoms with Crippen molar-refractivity contribution in [2.24, 2.45) is 10.9 Å². The third kappa shape index (κ3) is 5.49. The Morgan fingerprint density at radius 1 is 0.660 bits per heavy atom. The maximum Gasteiger partial charge on any atom is 0.154 e. The number of hydrogen-bond acceptors (Lipinski definition) is 2. The Morgan fingerprint density at radius 2 is 1.24 bits per heavy atom. The first-order valence-electron chi connectivity index (χ1n) is 17.7. The molecule has 1 heterocycles. The standard InChI is InChI=1S/C47H40ClNO/c1-5-29(3)45(39-23-13-18-31-15-7-10-20-36(31)39)49-46(40-24-14-19-32-16-8-11-21-37(32)40)35(6-2)30(4)34-27-41-44-38-22-12-9-17-33(38)25-26-43(44)50-47(41)42(48)28-34/h7-28,30,35H,5-6H2,1-4H3/b45-29-,49-46+. The first-order valence-corrected chi connectivity index (χ1v) is 18.1. The number of benzene rings is 7. The molecule has 246 valence electrons. The van der Waals surface area contributed by atoms with Crippen molar-refractivity contribution < 1.29 is 4.42 Å². The first kappa shape index (κ1) is 32.0. The second kappa shape index (κ2) is 13.3. The zero-order chi connectivity index (χ0) is 34.4. The van der Waals surface area contributed by atoms with Gasteiger partial charge in [-0.15, -0.1) is 0 Å². The van der Waals surface area contributed by atoms with E-state index in [4.69, 9.17) is 21.0 Å². The number of halogens is 1. The fourth-order valence-electron chi connectivity index (χ4n) is 7.80. The number of rotatable bonds is 8. The van der Waals surface area contributed by atoms with Crippen molar-refractivity contribution in [2.75, 3.05) is 0 Å². The largest absolute Gasteiger partial charge is 0.454 e. The van der Waals surface area contributed by atoms with Gasteiger partial charge in [0.2, 0.25) is 0 Å². The van der Waals surface area contributed by atoms with E-state index in [1.54, 1.807) is 0 Å². The monoisotopic (exact) mass is 669 g/mol. The molecule has 8 aromatic rings. The molecule has 0 fully saturated rings. The predicted octanol–water partition coefficient (Wildman–Crippen LogP) is 14.2. The van der Waals surface area contributed by atoms with E-state index < -0.39 is 0 Å². The van der Waals surface area contributed by atoms with Crippen LogP contribution in [0.1, 0.15) is 63.1 Å². The van der Waals surface area contributed by atoms with Gasteiger partial charge in [-0.05, 0) is 87.3 Å². The van der Waals surface area contributed by atoms with Crippen molar-refractivity contribution in [2.45, 2.75) is 46.5 Å². The van der Waals surface area contributed by atoms with Crippen LogP contribution in [0.2, 0.25) is 5.02 Å². The Balaban J connectivity index is 1.37. The number of aliphatic imine (C=N–C) groups is 1. The molecular weight excluding hydrogens is 630 g/mol. The molecule has 3 heteroatoms. The highest BCUT2D eigenvalue weighted by Crippen LogP contribution is 2.42. The third-order valence-electron chi connectivity index (χ3n) is 10.6. The molecule has 2 nitrogen and oxygen atoms in total. The summed E-state index contributed by atoms with van der Waals surface area (Å²) in [7, 11) is 0. The maximum absolute atomic E-state index is 7.10. The first-order chi connectivity index (χ1) is 24.5. The molecule has 0 saturated heterocycles. The molecule has 0 N–H and O–H groups in total. The molecule has 0 aliphatic carbocycles. The molecular formula is C47H40ClNO. The van der Waals surface area contributed by atoms with E-state index in [0.717, 1.165) is 46.2 Å². The van der Waals surface area contributed by atoms with Gasteiger partial charge >= 0.3 is 0 Å². The highest BCUT2D eigenvalue weighted by atomic mass is 35.5. The lowest BCUT2D eigenvalue weighted by Crippen LogP contribution is -2.22. The van der Waals surface area contributed by atoms with Gasteiger partial charge in [0.1, 0.15) is 5.58 Å². The minimum absolute atomic E-state index is 0.0962. The number of nitrogens with zero attached hydrogens (tertiary/aromatic N) is 1. The average molecular weight is 670 g/mol. The molecule has 0 aliphatic heterocycles. The lowest BCUT2D eigenvalue weighted by atomic mass is 9.79. The van der Waals surface area contributed by atoms with Gasteiger partial charge in [-0.1, -0.05) is 148 Å². The fraction of sp³-hybridized carbons (Fsp3) is 0.170. The summed E-state index contributed by atoms with van der Waals surface area (Å²) in [6.45, 7) is 9.08. The molecule has 8 rings (SSSR count). The Kier molecular flexibility index (Phi) is 8.50. The second-order valence-corrected chi connectivity index (χ2v) is 13.9. The smallest absolute Gasteiger partial charge is 0.154 e. The van der Waals surface area contributed by atoms with Crippen molar-refractivity contribution in [1.29, 1.82) is 0 Å². The van der Waals surface area contributed by atoms with E-state index in [0.29, 0.717) is 5.02 Å². The van der Waals surface area contributed by atoms with E-state index >= 15 is 0 Å². The summed E-state index contributed by atoms with van der Waals surface area (Å²) in [5.74, 6) is 0.203. The number of furan rings is 1. The quantitative estimate of drug-likeness (QED) is 0.148. The van der Waals surface area contributed by atoms with Gasteiger partial charge in [-0.2, -0.15) is 0 Å². The normalized spacial score (nSPS) is 14.1. The lowest BCUT2D eigenvalue weighted by molar-refractivity contribution is 0.558. The molecule has 0 radical (unpaired) electrons. The molecule has 2 atom stereocenters. The van der Waals surface area contributed by atoms with Gasteiger partial charge in [-0.25, -0.2) is 0 Å². The summed E-state index contributed by atoms with van der Waals surface area (Å²) in [5, 5.41) is 10.0. The highest BCUT2D eigenvalue weighted by Gasteiger charge is 2.28. The van der Waals surface area contributed by atoms with Crippen LogP contribution in [0, 0.1) is 5.92 Å². The summed E-state index contributed by atoms with van der Waals surface area (Å²) >= 11 is 7.10. The zero-order valence-corrected chi connectivity index (χ0v) is 29.8. The van der Waals surface area contributed by atoms with Crippen LogP contribution in [0.5, 0.6) is 0 Å². The lowest BCUT2D eigenvalue weighted by Gasteiger charge is -2.27. The molecule has 0 saturated carbocycles. The molecule has 7 aromatic carbocycles. The van der Waals surface area contributed by atoms with E-state index in [1.165, 1.54) is 54.6 Å². The minimum Gasteiger partial charge on any atom is -0.454 e. The summed E-state index contributed by atoms with van der Waals surface area (Å²) in [4.78, 5) is 5.82. The molecule has 0 bridgehead atoms. The SMILES string of the molecule is CC/C(C)=C(\N=C(\c1cccc2ccccc12)C(CC)C(C)c1cc(Cl)c2oc3ccc4ccccc4c3c2c1)c1cccc2ccccc12. The van der Waals surface area contributed by atoms with Crippen LogP contribution < -0.4 is 0 Å². The summed E-state index contributed by atoms with van der Waals surface area (Å²) in [6.07, 6.45) is 1.81. The van der Waals surface area contributed by atoms with E-state index in [-0.39, 0.29) is 11.8 Å². The van der Waals surface area contributed by atoms with Crippen molar-refractivity contribution in [1.82, 2.24) is 0 Å². The summed E-state index contributed by atoms with van der Waals surface area (Å²) in [5.41, 5.74) is 8.55. The van der Waals surface area contributed by atoms with E-state index in [1.807, 2.05) is 0 Å². The van der Waals surface area contributed by atoms with Gasteiger partial charge in [0, 0.05) is 27.8 Å². The second-order valence-electron chi connectivity index (χ2n) is 13.5. The highest BCUT2D eigenvalue weighted by molar-refractivity contribution is 6.36. The Labute approximate surface area is 298 Å². The molecule has 50 heavy (non-hydrogen) atoms. The van der Waals surface area contributed by atoms with Crippen LogP contribution in [0.15, 0.2) is 148 Å². The molecule has 0 spiro atoms. The topological polar surface area (TPSA) is 25.5 Å². The van der Waals surface area contributed by atoms with Crippen molar-refractivity contribution >= 4 is 77.3 Å². The zero-order valence-electron chi connectivity index (χ0n) is 29.0. The van der Waals surface area contributed by atoms with Crippen LogP contribution in [0.25, 0.3) is 60.0 Å². The van der Waals surface area contributed by atoms with Crippen LogP contribution >= 0.6 is 11.6 Å². The average Bonchev–Trinajstić information content (AvgIpc) is 3.55. The van der Waals surface area contributed by atoms with Crippen LogP contribution in [-0.4, -0.2) is 5.71 Å². The Bertz CT molecular complexity index is 2610. The van der Waals surface area contributed by atoms with Gasteiger partial charge in [0.25, 0.3) is 0 Å². The molecule has 2 unspecified atom stereocenters. The Morgan fingerprint density at radius 3 is 1.90 bits per heavy atom. The van der Waals surface area contributed by atoms with Gasteiger partial charge in [0.15, 0.2) is 5.58 Å². The van der Waals surface area contributed by atoms with Crippen LogP contribution in [-0.2, 0) is 0 Å². The minimum atomic E-state index is 0.0962. The number of fused-ring (bicyclic) bond motifs is 7. The van der Waals surface area contributed by atoms with Crippen molar-refractivity contribution in [3.8, 4) is 0 Å². The Hall–Kier alpha value is -5.18. The maximum atomic E-state index is 7.10. The summed E-state index contributed by atoms with van der Waals surface area (Å²) in [6, 6.07) is 47.6. The van der Waals surface area contributed by atoms with Gasteiger partial charge in [-0.3, -0.25) is 4.99 Å². The van der Waals surface area contributed by atoms with E-state index in [2.05, 4.69) is 161 Å². The molecule has 1 aromatic heterocycles. The third-order valence-corrected chi connectivity index (χ3v) is 10.9. The number of hydrogen-bond donors (Lipinski definition) is 0. The fourth-order valence-corrected chi connectivity index (χ4v) is 8.07. The number of allylic oxidation sites excluding steroid dienone is 1. The summed E-state index contributed by atoms with van der Waals surface area (Å²) < 4.78 is 6.39. The van der Waals surface area contributed by atoms with Crippen molar-refractivity contribution in [3.05, 3.63) is 161 Å². The van der Waals surface area contributed by atoms with E-state index in [9.17, 15) is 0 Å². The van der Waals surface area contributed by atoms with Gasteiger partial charge in [0.05, 0.1) is 16.4 Å². The molecule has 0 aliphatic rings. The van der Waals surface area contributed by atoms with Crippen LogP contribution in [0.4, 0.5) is 0 Å². The van der Waals surface area contributed by atoms with Crippen molar-refractivity contribution in [3.63, 3.8) is 0 Å². The van der Waals surface area contributed by atoms with Crippen LogP contribution in [0.3, 0.4) is 0 Å². The van der Waals surface area contributed by atoms with Gasteiger partial charge < -0.3 is 4.42 Å². The molecule has 0 amide bonds.